The highest BCUT2D eigenvalue weighted by Crippen LogP contribution is 2.21. The van der Waals surface area contributed by atoms with Gasteiger partial charge in [0.1, 0.15) is 5.69 Å². The number of hydrogen-bond donors (Lipinski definition) is 2. The van der Waals surface area contributed by atoms with E-state index in [1.54, 1.807) is 0 Å². The first-order chi connectivity index (χ1) is 9.40. The molecule has 0 saturated carbocycles. The fourth-order valence-corrected chi connectivity index (χ4v) is 1.59. The molecule has 0 unspecified atom stereocenters. The minimum absolute atomic E-state index is 0.0285. The number of aromatic carboxylic acids is 1. The van der Waals surface area contributed by atoms with Crippen LogP contribution in [0.25, 0.3) is 5.69 Å². The van der Waals surface area contributed by atoms with Gasteiger partial charge in [0.15, 0.2) is 0 Å². The van der Waals surface area contributed by atoms with Gasteiger partial charge < -0.3 is 10.8 Å². The molecule has 9 heteroatoms. The summed E-state index contributed by atoms with van der Waals surface area (Å²) in [4.78, 5) is 32.2. The molecule has 1 amide bonds. The molecule has 0 aliphatic heterocycles. The predicted molar refractivity (Wildman–Crippen MR) is 65.7 cm³/mol. The van der Waals surface area contributed by atoms with E-state index in [1.807, 2.05) is 0 Å². The Bertz CT molecular complexity index is 721. The standard InChI is InChI=1S/C11H8N4O5/c12-10(16)8-3-4-14(13-8)9-5-6(15(19)20)1-2-7(9)11(17)18/h1-5H,(H2,12,16)(H,17,18). The van der Waals surface area contributed by atoms with Crippen molar-refractivity contribution in [3.63, 3.8) is 0 Å². The van der Waals surface area contributed by atoms with Gasteiger partial charge in [0.25, 0.3) is 11.6 Å². The summed E-state index contributed by atoms with van der Waals surface area (Å²) in [7, 11) is 0. The van der Waals surface area contributed by atoms with Crippen molar-refractivity contribution in [2.45, 2.75) is 0 Å². The molecule has 0 radical (unpaired) electrons. The van der Waals surface area contributed by atoms with Crippen molar-refractivity contribution in [1.82, 2.24) is 9.78 Å². The van der Waals surface area contributed by atoms with E-state index < -0.39 is 16.8 Å². The molecule has 0 fully saturated rings. The zero-order valence-electron chi connectivity index (χ0n) is 9.89. The SMILES string of the molecule is NC(=O)c1ccn(-c2cc([N+](=O)[O-])ccc2C(=O)O)n1. The number of primary amides is 1. The lowest BCUT2D eigenvalue weighted by molar-refractivity contribution is -0.384. The summed E-state index contributed by atoms with van der Waals surface area (Å²) in [5, 5.41) is 23.6. The fraction of sp³-hybridized carbons (Fsp3) is 0. The number of benzene rings is 1. The van der Waals surface area contributed by atoms with E-state index in [4.69, 9.17) is 10.8 Å². The second-order valence-corrected chi connectivity index (χ2v) is 3.77. The average molecular weight is 276 g/mol. The lowest BCUT2D eigenvalue weighted by Gasteiger charge is -2.05. The van der Waals surface area contributed by atoms with Crippen molar-refractivity contribution in [2.75, 3.05) is 0 Å². The van der Waals surface area contributed by atoms with Crippen molar-refractivity contribution in [3.05, 3.63) is 51.8 Å². The normalized spacial score (nSPS) is 10.2. The lowest BCUT2D eigenvalue weighted by Crippen LogP contribution is -2.13. The Morgan fingerprint density at radius 3 is 2.55 bits per heavy atom. The maximum Gasteiger partial charge on any atom is 0.337 e. The Morgan fingerprint density at radius 1 is 1.35 bits per heavy atom. The molecule has 0 saturated heterocycles. The van der Waals surface area contributed by atoms with Gasteiger partial charge in [-0.05, 0) is 12.1 Å². The van der Waals surface area contributed by atoms with Gasteiger partial charge in [-0.3, -0.25) is 14.9 Å². The van der Waals surface area contributed by atoms with Crippen LogP contribution in [0, 0.1) is 10.1 Å². The minimum atomic E-state index is -1.27. The molecule has 3 N–H and O–H groups in total. The number of nitro groups is 1. The summed E-state index contributed by atoms with van der Waals surface area (Å²) in [6.07, 6.45) is 1.30. The number of amides is 1. The van der Waals surface area contributed by atoms with Crippen LogP contribution in [0.15, 0.2) is 30.5 Å². The number of rotatable bonds is 4. The minimum Gasteiger partial charge on any atom is -0.478 e. The van der Waals surface area contributed by atoms with Crippen LogP contribution in [0.4, 0.5) is 5.69 Å². The summed E-state index contributed by atoms with van der Waals surface area (Å²) >= 11 is 0. The molecule has 0 aliphatic carbocycles. The Hall–Kier alpha value is -3.23. The number of nitrogens with two attached hydrogens (primary N) is 1. The summed E-state index contributed by atoms with van der Waals surface area (Å²) < 4.78 is 1.05. The van der Waals surface area contributed by atoms with Crippen LogP contribution in [0.2, 0.25) is 0 Å². The van der Waals surface area contributed by atoms with Gasteiger partial charge in [-0.25, -0.2) is 9.48 Å². The molecule has 20 heavy (non-hydrogen) atoms. The number of nitro benzene ring substituents is 1. The predicted octanol–water partition coefficient (Wildman–Crippen LogP) is 0.578. The van der Waals surface area contributed by atoms with E-state index in [0.29, 0.717) is 0 Å². The second kappa shape index (κ2) is 4.80. The number of non-ortho nitro benzene ring substituents is 1. The van der Waals surface area contributed by atoms with Gasteiger partial charge in [-0.1, -0.05) is 0 Å². The van der Waals surface area contributed by atoms with Gasteiger partial charge >= 0.3 is 5.97 Å². The largest absolute Gasteiger partial charge is 0.478 e. The Balaban J connectivity index is 2.62. The number of carboxylic acids is 1. The molecule has 0 atom stereocenters. The lowest BCUT2D eigenvalue weighted by atomic mass is 10.1. The van der Waals surface area contributed by atoms with E-state index in [0.717, 1.165) is 22.9 Å². The van der Waals surface area contributed by atoms with Crippen LogP contribution in [0.3, 0.4) is 0 Å². The molecule has 9 nitrogen and oxygen atoms in total. The Morgan fingerprint density at radius 2 is 2.05 bits per heavy atom. The van der Waals surface area contributed by atoms with Crippen LogP contribution in [-0.4, -0.2) is 31.7 Å². The number of hydrogen-bond acceptors (Lipinski definition) is 5. The molecular formula is C11H8N4O5. The molecule has 2 rings (SSSR count). The van der Waals surface area contributed by atoms with Gasteiger partial charge in [-0.15, -0.1) is 0 Å². The fourth-order valence-electron chi connectivity index (χ4n) is 1.59. The molecule has 102 valence electrons. The number of aromatic nitrogens is 2. The van der Waals surface area contributed by atoms with E-state index in [1.165, 1.54) is 12.3 Å². The second-order valence-electron chi connectivity index (χ2n) is 3.77. The summed E-state index contributed by atoms with van der Waals surface area (Å²) in [6, 6.07) is 4.51. The highest BCUT2D eigenvalue weighted by molar-refractivity contribution is 5.93. The summed E-state index contributed by atoms with van der Waals surface area (Å²) in [5.41, 5.74) is 4.46. The van der Waals surface area contributed by atoms with Crippen LogP contribution >= 0.6 is 0 Å². The first-order valence-corrected chi connectivity index (χ1v) is 5.27. The van der Waals surface area contributed by atoms with Crippen molar-refractivity contribution >= 4 is 17.6 Å². The Kier molecular flexibility index (Phi) is 3.17. The number of carbonyl (C=O) groups excluding carboxylic acids is 1. The monoisotopic (exact) mass is 276 g/mol. The van der Waals surface area contributed by atoms with Gasteiger partial charge in [-0.2, -0.15) is 5.10 Å². The zero-order valence-corrected chi connectivity index (χ0v) is 9.89. The van der Waals surface area contributed by atoms with E-state index in [-0.39, 0.29) is 22.6 Å². The maximum absolute atomic E-state index is 11.1. The van der Waals surface area contributed by atoms with E-state index >= 15 is 0 Å². The zero-order chi connectivity index (χ0) is 14.9. The summed E-state index contributed by atoms with van der Waals surface area (Å²) in [6.45, 7) is 0. The van der Waals surface area contributed by atoms with Crippen molar-refractivity contribution in [2.24, 2.45) is 5.73 Å². The van der Waals surface area contributed by atoms with Crippen molar-refractivity contribution in [1.29, 1.82) is 0 Å². The summed E-state index contributed by atoms with van der Waals surface area (Å²) in [5.74, 6) is -2.06. The first kappa shape index (κ1) is 13.2. The molecule has 1 aromatic carbocycles. The first-order valence-electron chi connectivity index (χ1n) is 5.27. The van der Waals surface area contributed by atoms with E-state index in [2.05, 4.69) is 5.10 Å². The number of nitrogens with zero attached hydrogens (tertiary/aromatic N) is 3. The number of carbonyl (C=O) groups is 2. The van der Waals surface area contributed by atoms with Crippen LogP contribution < -0.4 is 5.73 Å². The smallest absolute Gasteiger partial charge is 0.337 e. The third kappa shape index (κ3) is 2.32. The topological polar surface area (TPSA) is 141 Å². The molecule has 0 spiro atoms. The average Bonchev–Trinajstić information content (AvgIpc) is 2.87. The molecular weight excluding hydrogens is 268 g/mol. The van der Waals surface area contributed by atoms with Crippen molar-refractivity contribution < 1.29 is 19.6 Å². The van der Waals surface area contributed by atoms with Crippen LogP contribution in [0.5, 0.6) is 0 Å². The maximum atomic E-state index is 11.1. The van der Waals surface area contributed by atoms with Crippen LogP contribution in [0.1, 0.15) is 20.8 Å². The molecule has 0 aliphatic rings. The van der Waals surface area contributed by atoms with Crippen LogP contribution in [-0.2, 0) is 0 Å². The third-order valence-corrected chi connectivity index (χ3v) is 2.51. The molecule has 1 aromatic heterocycles. The Labute approximate surface area is 111 Å². The third-order valence-electron chi connectivity index (χ3n) is 2.51. The van der Waals surface area contributed by atoms with Gasteiger partial charge in [0.2, 0.25) is 0 Å². The van der Waals surface area contributed by atoms with Gasteiger partial charge in [0, 0.05) is 18.3 Å². The number of carboxylic acid groups (broad SMARTS) is 1. The van der Waals surface area contributed by atoms with E-state index in [9.17, 15) is 19.7 Å². The highest BCUT2D eigenvalue weighted by atomic mass is 16.6. The van der Waals surface area contributed by atoms with Gasteiger partial charge in [0.05, 0.1) is 16.2 Å². The molecule has 1 heterocycles. The van der Waals surface area contributed by atoms with Crippen molar-refractivity contribution in [3.8, 4) is 5.69 Å². The molecule has 0 bridgehead atoms. The molecule has 2 aromatic rings. The highest BCUT2D eigenvalue weighted by Gasteiger charge is 2.18. The quantitative estimate of drug-likeness (QED) is 0.617.